The second-order valence-electron chi connectivity index (χ2n) is 3.51. The quantitative estimate of drug-likeness (QED) is 0.829. The van der Waals surface area contributed by atoms with Crippen LogP contribution in [0.1, 0.15) is 22.8 Å². The Balaban J connectivity index is 2.77. The Labute approximate surface area is 97.6 Å². The van der Waals surface area contributed by atoms with Gasteiger partial charge in [0.05, 0.1) is 5.56 Å². The lowest BCUT2D eigenvalue weighted by atomic mass is 10.1. The number of carbonyl (C=O) groups is 1. The third kappa shape index (κ3) is 3.55. The SMILES string of the molecule is Cc1ccc(O)c(C(=O)NCC(C)Br)c1. The summed E-state index contributed by atoms with van der Waals surface area (Å²) >= 11 is 3.33. The molecular formula is C11H14BrNO2. The Morgan fingerprint density at radius 3 is 2.87 bits per heavy atom. The third-order valence-electron chi connectivity index (χ3n) is 1.94. The molecule has 0 aromatic heterocycles. The summed E-state index contributed by atoms with van der Waals surface area (Å²) in [6.07, 6.45) is 0. The van der Waals surface area contributed by atoms with Crippen LogP contribution in [0.15, 0.2) is 18.2 Å². The van der Waals surface area contributed by atoms with E-state index in [1.54, 1.807) is 12.1 Å². The number of amides is 1. The van der Waals surface area contributed by atoms with Crippen molar-refractivity contribution in [3.05, 3.63) is 29.3 Å². The molecule has 0 heterocycles. The molecule has 1 unspecified atom stereocenters. The van der Waals surface area contributed by atoms with E-state index in [-0.39, 0.29) is 16.5 Å². The molecule has 4 heteroatoms. The van der Waals surface area contributed by atoms with Gasteiger partial charge in [0.2, 0.25) is 0 Å². The predicted octanol–water partition coefficient (Wildman–Crippen LogP) is 2.21. The number of carbonyl (C=O) groups excluding carboxylic acids is 1. The van der Waals surface area contributed by atoms with E-state index in [0.29, 0.717) is 12.1 Å². The van der Waals surface area contributed by atoms with Crippen molar-refractivity contribution >= 4 is 21.8 Å². The van der Waals surface area contributed by atoms with Gasteiger partial charge >= 0.3 is 0 Å². The summed E-state index contributed by atoms with van der Waals surface area (Å²) in [5.74, 6) is -0.233. The number of hydrogen-bond donors (Lipinski definition) is 2. The van der Waals surface area contributed by atoms with E-state index in [1.165, 1.54) is 6.07 Å². The Kier molecular flexibility index (Phi) is 4.15. The molecule has 1 amide bonds. The predicted molar refractivity (Wildman–Crippen MR) is 63.6 cm³/mol. The van der Waals surface area contributed by atoms with Crippen molar-refractivity contribution in [2.24, 2.45) is 0 Å². The van der Waals surface area contributed by atoms with Crippen LogP contribution in [-0.4, -0.2) is 22.4 Å². The van der Waals surface area contributed by atoms with E-state index in [4.69, 9.17) is 0 Å². The molecule has 0 aliphatic rings. The molecule has 0 saturated heterocycles. The summed E-state index contributed by atoms with van der Waals surface area (Å²) in [5, 5.41) is 12.2. The minimum atomic E-state index is -0.248. The Morgan fingerprint density at radius 2 is 2.27 bits per heavy atom. The molecule has 1 aromatic rings. The Morgan fingerprint density at radius 1 is 1.60 bits per heavy atom. The lowest BCUT2D eigenvalue weighted by molar-refractivity contribution is 0.0951. The average Bonchev–Trinajstić information content (AvgIpc) is 2.18. The van der Waals surface area contributed by atoms with E-state index in [2.05, 4.69) is 21.2 Å². The number of aryl methyl sites for hydroxylation is 1. The van der Waals surface area contributed by atoms with E-state index in [9.17, 15) is 9.90 Å². The molecule has 1 atom stereocenters. The summed E-state index contributed by atoms with van der Waals surface area (Å²) in [6.45, 7) is 4.35. The van der Waals surface area contributed by atoms with Crippen molar-refractivity contribution in [3.8, 4) is 5.75 Å². The van der Waals surface area contributed by atoms with Crippen LogP contribution in [0.4, 0.5) is 0 Å². The molecule has 0 fully saturated rings. The monoisotopic (exact) mass is 271 g/mol. The number of phenols is 1. The van der Waals surface area contributed by atoms with Gasteiger partial charge in [0, 0.05) is 11.4 Å². The highest BCUT2D eigenvalue weighted by molar-refractivity contribution is 9.09. The molecule has 0 saturated carbocycles. The van der Waals surface area contributed by atoms with E-state index >= 15 is 0 Å². The van der Waals surface area contributed by atoms with Gasteiger partial charge in [-0.25, -0.2) is 0 Å². The average molecular weight is 272 g/mol. The fourth-order valence-electron chi connectivity index (χ4n) is 1.16. The molecule has 82 valence electrons. The molecule has 1 rings (SSSR count). The lowest BCUT2D eigenvalue weighted by Gasteiger charge is -2.08. The van der Waals surface area contributed by atoms with Gasteiger partial charge in [-0.15, -0.1) is 0 Å². The molecule has 0 bridgehead atoms. The van der Waals surface area contributed by atoms with Crippen LogP contribution in [0.5, 0.6) is 5.75 Å². The molecule has 15 heavy (non-hydrogen) atoms. The highest BCUT2D eigenvalue weighted by atomic mass is 79.9. The number of alkyl halides is 1. The summed E-state index contributed by atoms with van der Waals surface area (Å²) in [5.41, 5.74) is 1.27. The molecular weight excluding hydrogens is 258 g/mol. The van der Waals surface area contributed by atoms with Crippen LogP contribution < -0.4 is 5.32 Å². The first-order chi connectivity index (χ1) is 7.00. The second kappa shape index (κ2) is 5.16. The van der Waals surface area contributed by atoms with Gasteiger partial charge in [0.1, 0.15) is 5.75 Å². The molecule has 0 aliphatic heterocycles. The second-order valence-corrected chi connectivity index (χ2v) is 5.07. The van der Waals surface area contributed by atoms with Gasteiger partial charge in [-0.1, -0.05) is 34.5 Å². The first-order valence-corrected chi connectivity index (χ1v) is 5.64. The molecule has 3 nitrogen and oxygen atoms in total. The van der Waals surface area contributed by atoms with Crippen LogP contribution in [0.2, 0.25) is 0 Å². The number of nitrogens with one attached hydrogen (secondary N) is 1. The minimum absolute atomic E-state index is 0.0142. The number of rotatable bonds is 3. The van der Waals surface area contributed by atoms with E-state index in [0.717, 1.165) is 5.56 Å². The number of phenolic OH excluding ortho intramolecular Hbond substituents is 1. The zero-order valence-corrected chi connectivity index (χ0v) is 10.3. The Bertz CT molecular complexity index is 364. The zero-order chi connectivity index (χ0) is 11.4. The van der Waals surface area contributed by atoms with Crippen molar-refractivity contribution in [1.29, 1.82) is 0 Å². The maximum atomic E-state index is 11.6. The van der Waals surface area contributed by atoms with Gasteiger partial charge < -0.3 is 10.4 Å². The van der Waals surface area contributed by atoms with Crippen molar-refractivity contribution < 1.29 is 9.90 Å². The first-order valence-electron chi connectivity index (χ1n) is 4.72. The number of halogens is 1. The van der Waals surface area contributed by atoms with Gasteiger partial charge in [-0.3, -0.25) is 4.79 Å². The van der Waals surface area contributed by atoms with Crippen molar-refractivity contribution in [1.82, 2.24) is 5.32 Å². The number of benzene rings is 1. The van der Waals surface area contributed by atoms with Gasteiger partial charge in [-0.2, -0.15) is 0 Å². The van der Waals surface area contributed by atoms with Crippen LogP contribution in [0, 0.1) is 6.92 Å². The highest BCUT2D eigenvalue weighted by Crippen LogP contribution is 2.17. The van der Waals surface area contributed by atoms with Crippen molar-refractivity contribution in [2.45, 2.75) is 18.7 Å². The summed E-state index contributed by atoms with van der Waals surface area (Å²) in [4.78, 5) is 11.8. The highest BCUT2D eigenvalue weighted by Gasteiger charge is 2.11. The van der Waals surface area contributed by atoms with Gasteiger partial charge in [-0.05, 0) is 19.1 Å². The molecule has 0 radical (unpaired) electrons. The van der Waals surface area contributed by atoms with E-state index < -0.39 is 0 Å². The topological polar surface area (TPSA) is 49.3 Å². The molecule has 1 aromatic carbocycles. The summed E-state index contributed by atoms with van der Waals surface area (Å²) in [6, 6.07) is 4.96. The molecule has 2 N–H and O–H groups in total. The molecule has 0 spiro atoms. The smallest absolute Gasteiger partial charge is 0.255 e. The summed E-state index contributed by atoms with van der Waals surface area (Å²) in [7, 11) is 0. The van der Waals surface area contributed by atoms with Crippen LogP contribution in [0.25, 0.3) is 0 Å². The largest absolute Gasteiger partial charge is 0.507 e. The standard InChI is InChI=1S/C11H14BrNO2/c1-7-3-4-10(14)9(5-7)11(15)13-6-8(2)12/h3-5,8,14H,6H2,1-2H3,(H,13,15). The Hall–Kier alpha value is -1.03. The fourth-order valence-corrected chi connectivity index (χ4v) is 1.32. The molecule has 0 aliphatic carbocycles. The third-order valence-corrected chi connectivity index (χ3v) is 2.26. The van der Waals surface area contributed by atoms with Crippen LogP contribution >= 0.6 is 15.9 Å². The minimum Gasteiger partial charge on any atom is -0.507 e. The first kappa shape index (κ1) is 12.0. The maximum Gasteiger partial charge on any atom is 0.255 e. The van der Waals surface area contributed by atoms with Crippen LogP contribution in [-0.2, 0) is 0 Å². The normalized spacial score (nSPS) is 12.2. The van der Waals surface area contributed by atoms with Gasteiger partial charge in [0.15, 0.2) is 0 Å². The number of hydrogen-bond acceptors (Lipinski definition) is 2. The lowest BCUT2D eigenvalue weighted by Crippen LogP contribution is -2.28. The summed E-state index contributed by atoms with van der Waals surface area (Å²) < 4.78 is 0. The fraction of sp³-hybridized carbons (Fsp3) is 0.364. The zero-order valence-electron chi connectivity index (χ0n) is 8.75. The maximum absolute atomic E-state index is 11.6. The van der Waals surface area contributed by atoms with Gasteiger partial charge in [0.25, 0.3) is 5.91 Å². The van der Waals surface area contributed by atoms with Crippen molar-refractivity contribution in [2.75, 3.05) is 6.54 Å². The van der Waals surface area contributed by atoms with E-state index in [1.807, 2.05) is 13.8 Å². The van der Waals surface area contributed by atoms with Crippen LogP contribution in [0.3, 0.4) is 0 Å². The number of aromatic hydroxyl groups is 1. The van der Waals surface area contributed by atoms with Crippen molar-refractivity contribution in [3.63, 3.8) is 0 Å².